The van der Waals surface area contributed by atoms with Crippen molar-refractivity contribution >= 4 is 6.03 Å². The summed E-state index contributed by atoms with van der Waals surface area (Å²) in [5.41, 5.74) is 1.05. The van der Waals surface area contributed by atoms with E-state index in [1.54, 1.807) is 0 Å². The average Bonchev–Trinajstić information content (AvgIpc) is 3.23. The Morgan fingerprint density at radius 1 is 1.15 bits per heavy atom. The minimum Gasteiger partial charge on any atom is -0.423 e. The van der Waals surface area contributed by atoms with Crippen molar-refractivity contribution in [3.63, 3.8) is 0 Å². The monoisotopic (exact) mass is 368 g/mol. The van der Waals surface area contributed by atoms with Gasteiger partial charge in [-0.3, -0.25) is 4.84 Å². The van der Waals surface area contributed by atoms with Crippen molar-refractivity contribution in [1.82, 2.24) is 20.2 Å². The maximum absolute atomic E-state index is 12.9. The molecule has 3 heterocycles. The number of amides is 2. The highest BCUT2D eigenvalue weighted by molar-refractivity contribution is 5.77. The molecule has 2 amide bonds. The van der Waals surface area contributed by atoms with Crippen LogP contribution in [0.1, 0.15) is 61.9 Å². The van der Waals surface area contributed by atoms with E-state index in [1.165, 1.54) is 5.06 Å². The predicted octanol–water partition coefficient (Wildman–Crippen LogP) is 3.66. The minimum absolute atomic E-state index is 0.0901. The van der Waals surface area contributed by atoms with Gasteiger partial charge in [0.05, 0.1) is 6.04 Å². The van der Waals surface area contributed by atoms with E-state index in [9.17, 15) is 4.79 Å². The molecule has 3 fully saturated rings. The van der Waals surface area contributed by atoms with Crippen LogP contribution in [0.3, 0.4) is 0 Å². The molecule has 1 aliphatic carbocycles. The van der Waals surface area contributed by atoms with E-state index in [1.807, 2.05) is 35.2 Å². The van der Waals surface area contributed by atoms with Crippen LogP contribution in [0.15, 0.2) is 34.7 Å². The van der Waals surface area contributed by atoms with Crippen LogP contribution in [0.25, 0.3) is 0 Å². The molecule has 2 aromatic rings. The summed E-state index contributed by atoms with van der Waals surface area (Å²) in [6.45, 7) is 3.28. The molecule has 27 heavy (non-hydrogen) atoms. The Kier molecular flexibility index (Phi) is 4.11. The normalized spacial score (nSPS) is 29.9. The lowest BCUT2D eigenvalue weighted by molar-refractivity contribution is -0.140. The molecule has 2 atom stereocenters. The molecule has 3 aliphatic rings. The van der Waals surface area contributed by atoms with Gasteiger partial charge in [-0.25, -0.2) is 4.79 Å². The van der Waals surface area contributed by atoms with Crippen molar-refractivity contribution in [3.05, 3.63) is 47.7 Å². The van der Waals surface area contributed by atoms with Crippen LogP contribution in [0.4, 0.5) is 4.79 Å². The first-order valence-electron chi connectivity index (χ1n) is 9.79. The van der Waals surface area contributed by atoms with Gasteiger partial charge in [0.15, 0.2) is 0 Å². The molecule has 2 aliphatic heterocycles. The van der Waals surface area contributed by atoms with E-state index >= 15 is 0 Å². The van der Waals surface area contributed by atoms with Gasteiger partial charge >= 0.3 is 6.03 Å². The van der Waals surface area contributed by atoms with Crippen molar-refractivity contribution in [3.8, 4) is 0 Å². The van der Waals surface area contributed by atoms with Crippen LogP contribution in [-0.4, -0.2) is 38.8 Å². The van der Waals surface area contributed by atoms with Crippen molar-refractivity contribution in [2.75, 3.05) is 6.54 Å². The van der Waals surface area contributed by atoms with Crippen molar-refractivity contribution in [2.24, 2.45) is 5.92 Å². The molecule has 7 heteroatoms. The lowest BCUT2D eigenvalue weighted by Gasteiger charge is -2.30. The Morgan fingerprint density at radius 3 is 2.70 bits per heavy atom. The molecule has 5 rings (SSSR count). The zero-order chi connectivity index (χ0) is 18.4. The maximum atomic E-state index is 12.9. The second-order valence-electron chi connectivity index (χ2n) is 8.02. The standard InChI is InChI=1S/C20H24N4O3/c1-13-9-15(10-13)18-21-22-19(27-18)17-8-7-16-11-23(17)20(25)24(16)26-12-14-5-3-2-4-6-14/h2-6,13,15-17H,7-12H2,1H3/t13-,15+,16-,17+/m1/s1. The molecule has 0 radical (unpaired) electrons. The number of carbonyl (C=O) groups excluding carboxylic acids is 1. The Balaban J connectivity index is 1.26. The average molecular weight is 368 g/mol. The number of aromatic nitrogens is 2. The second-order valence-corrected chi connectivity index (χ2v) is 8.02. The zero-order valence-electron chi connectivity index (χ0n) is 15.5. The summed E-state index contributed by atoms with van der Waals surface area (Å²) in [7, 11) is 0. The number of hydrogen-bond acceptors (Lipinski definition) is 5. The first kappa shape index (κ1) is 16.7. The van der Waals surface area contributed by atoms with Crippen LogP contribution < -0.4 is 0 Å². The Labute approximate surface area is 158 Å². The fraction of sp³-hybridized carbons (Fsp3) is 0.550. The third-order valence-electron chi connectivity index (χ3n) is 6.00. The number of fused-ring (bicyclic) bond motifs is 2. The van der Waals surface area contributed by atoms with Crippen molar-refractivity contribution in [2.45, 2.75) is 57.2 Å². The van der Waals surface area contributed by atoms with Gasteiger partial charge in [-0.1, -0.05) is 37.3 Å². The van der Waals surface area contributed by atoms with E-state index in [4.69, 9.17) is 9.25 Å². The SMILES string of the molecule is C[C@H]1C[C@@H](c2nnc([C@@H]3CC[C@@H]4CN3C(=O)N4OCc3ccccc3)o2)C1. The van der Waals surface area contributed by atoms with Crippen LogP contribution in [0.5, 0.6) is 0 Å². The molecule has 7 nitrogen and oxygen atoms in total. The number of hydrogen-bond donors (Lipinski definition) is 0. The Morgan fingerprint density at radius 2 is 1.93 bits per heavy atom. The Hall–Kier alpha value is -2.41. The smallest absolute Gasteiger partial charge is 0.345 e. The summed E-state index contributed by atoms with van der Waals surface area (Å²) >= 11 is 0. The summed E-state index contributed by atoms with van der Waals surface area (Å²) in [5.74, 6) is 2.42. The molecule has 2 bridgehead atoms. The van der Waals surface area contributed by atoms with Crippen LogP contribution in [0.2, 0.25) is 0 Å². The van der Waals surface area contributed by atoms with E-state index in [0.29, 0.717) is 25.0 Å². The number of nitrogens with zero attached hydrogens (tertiary/aromatic N) is 4. The zero-order valence-corrected chi connectivity index (χ0v) is 15.5. The number of benzene rings is 1. The van der Waals surface area contributed by atoms with Gasteiger partial charge in [0, 0.05) is 12.5 Å². The summed E-state index contributed by atoms with van der Waals surface area (Å²) in [6.07, 6.45) is 3.92. The van der Waals surface area contributed by atoms with Gasteiger partial charge in [0.25, 0.3) is 0 Å². The highest BCUT2D eigenvalue weighted by atomic mass is 16.7. The van der Waals surface area contributed by atoms with Gasteiger partial charge in [-0.15, -0.1) is 10.2 Å². The molecule has 2 saturated heterocycles. The van der Waals surface area contributed by atoms with E-state index in [-0.39, 0.29) is 18.1 Å². The lowest BCUT2D eigenvalue weighted by atomic mass is 9.76. The van der Waals surface area contributed by atoms with Crippen LogP contribution in [0, 0.1) is 5.92 Å². The molecule has 0 spiro atoms. The molecule has 0 N–H and O–H groups in total. The number of rotatable bonds is 5. The first-order chi connectivity index (χ1) is 13.2. The fourth-order valence-electron chi connectivity index (χ4n) is 4.42. The number of hydroxylamine groups is 2. The number of piperidine rings is 1. The second kappa shape index (κ2) is 6.64. The summed E-state index contributed by atoms with van der Waals surface area (Å²) in [4.78, 5) is 20.6. The molecule has 0 unspecified atom stereocenters. The van der Waals surface area contributed by atoms with Gasteiger partial charge in [0.1, 0.15) is 12.6 Å². The molecule has 1 aromatic carbocycles. The molecule has 142 valence electrons. The summed E-state index contributed by atoms with van der Waals surface area (Å²) in [5, 5.41) is 10.1. The van der Waals surface area contributed by atoms with E-state index in [0.717, 1.165) is 43.1 Å². The highest BCUT2D eigenvalue weighted by Crippen LogP contribution is 2.42. The number of carbonyl (C=O) groups is 1. The summed E-state index contributed by atoms with van der Waals surface area (Å²) < 4.78 is 5.96. The molecular weight excluding hydrogens is 344 g/mol. The fourth-order valence-corrected chi connectivity index (χ4v) is 4.42. The molecule has 1 saturated carbocycles. The largest absolute Gasteiger partial charge is 0.423 e. The van der Waals surface area contributed by atoms with Gasteiger partial charge in [0.2, 0.25) is 11.8 Å². The van der Waals surface area contributed by atoms with Crippen LogP contribution >= 0.6 is 0 Å². The minimum atomic E-state index is -0.141. The Bertz CT molecular complexity index is 818. The summed E-state index contributed by atoms with van der Waals surface area (Å²) in [6, 6.07) is 9.75. The van der Waals surface area contributed by atoms with E-state index < -0.39 is 0 Å². The number of urea groups is 1. The van der Waals surface area contributed by atoms with Crippen molar-refractivity contribution in [1.29, 1.82) is 0 Å². The third-order valence-corrected chi connectivity index (χ3v) is 6.00. The predicted molar refractivity (Wildman–Crippen MR) is 96.4 cm³/mol. The van der Waals surface area contributed by atoms with Crippen LogP contribution in [-0.2, 0) is 11.4 Å². The molecule has 1 aromatic heterocycles. The van der Waals surface area contributed by atoms with Gasteiger partial charge in [-0.05, 0) is 37.2 Å². The maximum Gasteiger partial charge on any atom is 0.345 e. The van der Waals surface area contributed by atoms with Crippen molar-refractivity contribution < 1.29 is 14.0 Å². The third kappa shape index (κ3) is 3.00. The van der Waals surface area contributed by atoms with Gasteiger partial charge < -0.3 is 9.32 Å². The molecular formula is C20H24N4O3. The highest BCUT2D eigenvalue weighted by Gasteiger charge is 2.48. The topological polar surface area (TPSA) is 71.7 Å². The van der Waals surface area contributed by atoms with Gasteiger partial charge in [-0.2, -0.15) is 5.06 Å². The lowest BCUT2D eigenvalue weighted by Crippen LogP contribution is -2.34. The van der Waals surface area contributed by atoms with E-state index in [2.05, 4.69) is 17.1 Å². The quantitative estimate of drug-likeness (QED) is 0.805. The first-order valence-corrected chi connectivity index (χ1v) is 9.79.